The summed E-state index contributed by atoms with van der Waals surface area (Å²) in [5, 5.41) is 0. The molecular formula is C21H18. The molecule has 0 amide bonds. The Morgan fingerprint density at radius 2 is 1.48 bits per heavy atom. The molecule has 2 fully saturated rings. The normalized spacial score (nSPS) is 28.2. The maximum Gasteiger partial charge on any atom is 0.0208 e. The molecule has 21 heavy (non-hydrogen) atoms. The third-order valence-corrected chi connectivity index (χ3v) is 4.71. The first kappa shape index (κ1) is 13.6. The van der Waals surface area contributed by atoms with Crippen LogP contribution in [0.15, 0.2) is 48.1 Å². The number of hydrogen-bond acceptors (Lipinski definition) is 0. The van der Waals surface area contributed by atoms with Crippen LogP contribution in [0, 0.1) is 67.1 Å². The van der Waals surface area contributed by atoms with E-state index in [0.717, 1.165) is 0 Å². The lowest BCUT2D eigenvalue weighted by atomic mass is 9.64. The van der Waals surface area contributed by atoms with Crippen LogP contribution in [0.1, 0.15) is 13.8 Å². The highest BCUT2D eigenvalue weighted by molar-refractivity contribution is 5.76. The maximum atomic E-state index is 2.34. The number of allylic oxidation sites excluding steroid dienone is 8. The van der Waals surface area contributed by atoms with Crippen molar-refractivity contribution < 1.29 is 0 Å². The average Bonchev–Trinajstić information content (AvgIpc) is 3.14. The van der Waals surface area contributed by atoms with Gasteiger partial charge in [0.25, 0.3) is 0 Å². The Morgan fingerprint density at radius 3 is 2.29 bits per heavy atom. The summed E-state index contributed by atoms with van der Waals surface area (Å²) in [6.45, 7) is 4.63. The molecule has 0 heteroatoms. The number of fused-ring (bicyclic) bond motifs is 3. The second-order valence-corrected chi connectivity index (χ2v) is 6.30. The van der Waals surface area contributed by atoms with Crippen molar-refractivity contribution in [3.63, 3.8) is 0 Å². The van der Waals surface area contributed by atoms with Crippen LogP contribution in [0.2, 0.25) is 0 Å². The molecule has 0 spiro atoms. The van der Waals surface area contributed by atoms with Crippen LogP contribution in [0.5, 0.6) is 0 Å². The van der Waals surface area contributed by atoms with Crippen LogP contribution in [0.3, 0.4) is 0 Å². The molecule has 4 aliphatic carbocycles. The SMILES string of the molecule is CC(C)([C]1[CH][CH][CH][CH]1)C1=CC=C[C]2[C]3C=CC=C[C]3[CH][C]21. The summed E-state index contributed by atoms with van der Waals surface area (Å²) in [5.41, 5.74) is 1.43. The summed E-state index contributed by atoms with van der Waals surface area (Å²) >= 11 is 0. The van der Waals surface area contributed by atoms with E-state index >= 15 is 0 Å². The van der Waals surface area contributed by atoms with Crippen LogP contribution < -0.4 is 0 Å². The van der Waals surface area contributed by atoms with E-state index in [1.807, 2.05) is 0 Å². The molecule has 10 radical (unpaired) electrons. The highest BCUT2D eigenvalue weighted by Crippen LogP contribution is 2.59. The Hall–Kier alpha value is -1.04. The van der Waals surface area contributed by atoms with Gasteiger partial charge in [0.1, 0.15) is 0 Å². The van der Waals surface area contributed by atoms with Crippen molar-refractivity contribution in [2.75, 3.05) is 0 Å². The molecule has 4 aliphatic rings. The van der Waals surface area contributed by atoms with Crippen molar-refractivity contribution in [1.82, 2.24) is 0 Å². The van der Waals surface area contributed by atoms with Gasteiger partial charge < -0.3 is 0 Å². The fraction of sp³-hybridized carbons (Fsp3) is 0.143. The van der Waals surface area contributed by atoms with Gasteiger partial charge in [0.2, 0.25) is 0 Å². The van der Waals surface area contributed by atoms with Crippen molar-refractivity contribution in [2.45, 2.75) is 13.8 Å². The topological polar surface area (TPSA) is 0 Å². The molecule has 4 rings (SSSR count). The van der Waals surface area contributed by atoms with E-state index in [9.17, 15) is 0 Å². The molecule has 0 bridgehead atoms. The van der Waals surface area contributed by atoms with Gasteiger partial charge in [-0.3, -0.25) is 0 Å². The summed E-state index contributed by atoms with van der Waals surface area (Å²) in [4.78, 5) is 0. The van der Waals surface area contributed by atoms with Gasteiger partial charge in [0.15, 0.2) is 0 Å². The molecule has 0 saturated heterocycles. The molecule has 0 aliphatic heterocycles. The number of hydrogen-bond donors (Lipinski definition) is 0. The van der Waals surface area contributed by atoms with Crippen LogP contribution in [-0.2, 0) is 0 Å². The Bertz CT molecular complexity index is 522. The molecule has 0 aromatic rings. The van der Waals surface area contributed by atoms with E-state index in [1.165, 1.54) is 35.2 Å². The molecular weight excluding hydrogens is 252 g/mol. The lowest BCUT2D eigenvalue weighted by molar-refractivity contribution is 0.491. The summed E-state index contributed by atoms with van der Waals surface area (Å²) in [6, 6.07) is 0. The minimum absolute atomic E-state index is 0.0212. The summed E-state index contributed by atoms with van der Waals surface area (Å²) in [6.07, 6.45) is 26.4. The second kappa shape index (κ2) is 5.00. The van der Waals surface area contributed by atoms with Crippen molar-refractivity contribution in [3.05, 3.63) is 110 Å². The van der Waals surface area contributed by atoms with Gasteiger partial charge in [0, 0.05) is 23.7 Å². The highest BCUT2D eigenvalue weighted by atomic mass is 14.5. The lowest BCUT2D eigenvalue weighted by Gasteiger charge is -2.39. The summed E-state index contributed by atoms with van der Waals surface area (Å²) < 4.78 is 0. The molecule has 0 N–H and O–H groups in total. The first-order valence-corrected chi connectivity index (χ1v) is 7.48. The quantitative estimate of drug-likeness (QED) is 0.690. The first-order valence-electron chi connectivity index (χ1n) is 7.48. The Morgan fingerprint density at radius 1 is 0.762 bits per heavy atom. The Labute approximate surface area is 129 Å². The van der Waals surface area contributed by atoms with Crippen LogP contribution in [0.4, 0.5) is 0 Å². The van der Waals surface area contributed by atoms with Crippen molar-refractivity contribution in [3.8, 4) is 0 Å². The Kier molecular flexibility index (Phi) is 3.24. The van der Waals surface area contributed by atoms with Gasteiger partial charge >= 0.3 is 0 Å². The van der Waals surface area contributed by atoms with Gasteiger partial charge in [-0.1, -0.05) is 62.0 Å². The standard InChI is InChI=1S/C21H18/c1-21(2,16-9-4-5-10-16)20-13-7-12-18-17-11-6-3-8-15(17)14-19(18)20/h3-14H,1-2H3. The molecule has 0 atom stereocenters. The number of rotatable bonds is 2. The van der Waals surface area contributed by atoms with E-state index < -0.39 is 0 Å². The van der Waals surface area contributed by atoms with Crippen molar-refractivity contribution in [1.29, 1.82) is 0 Å². The minimum atomic E-state index is 0.0212. The van der Waals surface area contributed by atoms with Gasteiger partial charge in [-0.2, -0.15) is 0 Å². The van der Waals surface area contributed by atoms with Crippen LogP contribution in [0.25, 0.3) is 0 Å². The van der Waals surface area contributed by atoms with E-state index in [2.05, 4.69) is 88.5 Å². The molecule has 2 saturated carbocycles. The maximum absolute atomic E-state index is 2.34. The first-order chi connectivity index (χ1) is 10.2. The molecule has 0 aromatic carbocycles. The van der Waals surface area contributed by atoms with Gasteiger partial charge in [0.05, 0.1) is 0 Å². The van der Waals surface area contributed by atoms with E-state index in [-0.39, 0.29) is 5.41 Å². The van der Waals surface area contributed by atoms with E-state index in [0.29, 0.717) is 0 Å². The van der Waals surface area contributed by atoms with E-state index in [1.54, 1.807) is 0 Å². The van der Waals surface area contributed by atoms with Crippen molar-refractivity contribution >= 4 is 0 Å². The molecule has 0 unspecified atom stereocenters. The average molecular weight is 270 g/mol. The third-order valence-electron chi connectivity index (χ3n) is 4.71. The summed E-state index contributed by atoms with van der Waals surface area (Å²) in [7, 11) is 0. The van der Waals surface area contributed by atoms with Gasteiger partial charge in [-0.25, -0.2) is 0 Å². The fourth-order valence-electron chi connectivity index (χ4n) is 3.47. The predicted molar refractivity (Wildman–Crippen MR) is 87.0 cm³/mol. The zero-order valence-corrected chi connectivity index (χ0v) is 12.4. The monoisotopic (exact) mass is 270 g/mol. The summed E-state index contributed by atoms with van der Waals surface area (Å²) in [5.74, 6) is 6.80. The molecule has 0 nitrogen and oxygen atoms in total. The van der Waals surface area contributed by atoms with Crippen molar-refractivity contribution in [2.24, 2.45) is 5.41 Å². The molecule has 0 aromatic heterocycles. The highest BCUT2D eigenvalue weighted by Gasteiger charge is 2.49. The molecule has 0 heterocycles. The zero-order valence-electron chi connectivity index (χ0n) is 12.4. The third kappa shape index (κ3) is 2.10. The second-order valence-electron chi connectivity index (χ2n) is 6.30. The predicted octanol–water partition coefficient (Wildman–Crippen LogP) is 4.56. The van der Waals surface area contributed by atoms with Gasteiger partial charge in [-0.15, -0.1) is 0 Å². The van der Waals surface area contributed by atoms with Crippen LogP contribution >= 0.6 is 0 Å². The zero-order chi connectivity index (χ0) is 14.4. The Balaban J connectivity index is 1.64. The van der Waals surface area contributed by atoms with Crippen LogP contribution in [-0.4, -0.2) is 0 Å². The smallest absolute Gasteiger partial charge is 0.0208 e. The van der Waals surface area contributed by atoms with Gasteiger partial charge in [-0.05, 0) is 43.4 Å². The largest absolute Gasteiger partial charge is 0.0761 e. The molecule has 102 valence electrons. The lowest BCUT2D eigenvalue weighted by Crippen LogP contribution is -2.29. The minimum Gasteiger partial charge on any atom is -0.0761 e. The van der Waals surface area contributed by atoms with E-state index in [4.69, 9.17) is 0 Å². The fourth-order valence-corrected chi connectivity index (χ4v) is 3.47.